The highest BCUT2D eigenvalue weighted by molar-refractivity contribution is 5.97. The highest BCUT2D eigenvalue weighted by Gasteiger charge is 2.35. The molecule has 0 radical (unpaired) electrons. The lowest BCUT2D eigenvalue weighted by atomic mass is 9.93. The number of carbonyl (C=O) groups is 1. The molecule has 0 aromatic carbocycles. The van der Waals surface area contributed by atoms with Gasteiger partial charge in [-0.25, -0.2) is 4.98 Å². The minimum absolute atomic E-state index is 0.149. The average molecular weight is 352 g/mol. The Kier molecular flexibility index (Phi) is 8.86. The summed E-state index contributed by atoms with van der Waals surface area (Å²) in [5.41, 5.74) is 0.636. The summed E-state index contributed by atoms with van der Waals surface area (Å²) in [6, 6.07) is 1.85. The van der Waals surface area contributed by atoms with Gasteiger partial charge >= 0.3 is 0 Å². The summed E-state index contributed by atoms with van der Waals surface area (Å²) in [6.07, 6.45) is 3.13. The van der Waals surface area contributed by atoms with Crippen LogP contribution < -0.4 is 10.1 Å². The molecule has 0 bridgehead atoms. The number of amides is 1. The van der Waals surface area contributed by atoms with Crippen molar-refractivity contribution < 1.29 is 19.0 Å². The van der Waals surface area contributed by atoms with Crippen LogP contribution in [0.25, 0.3) is 0 Å². The quantitative estimate of drug-likeness (QED) is 0.616. The third-order valence-corrected chi connectivity index (χ3v) is 3.72. The lowest BCUT2D eigenvalue weighted by Crippen LogP contribution is -2.44. The molecule has 0 aliphatic heterocycles. The Hall–Kier alpha value is -1.66. The first-order valence-electron chi connectivity index (χ1n) is 8.86. The second kappa shape index (κ2) is 10.4. The molecule has 0 aliphatic carbocycles. The molecule has 0 aliphatic rings. The second-order valence-corrected chi connectivity index (χ2v) is 6.82. The van der Waals surface area contributed by atoms with Crippen molar-refractivity contribution in [2.24, 2.45) is 5.92 Å². The van der Waals surface area contributed by atoms with E-state index in [1.165, 1.54) is 0 Å². The number of aromatic nitrogens is 1. The minimum Gasteiger partial charge on any atom is -0.475 e. The molecule has 0 saturated carbocycles. The number of methoxy groups -OCH3 is 1. The molecule has 1 aromatic heterocycles. The Morgan fingerprint density at radius 3 is 2.60 bits per heavy atom. The maximum Gasteiger partial charge on any atom is 0.256 e. The maximum absolute atomic E-state index is 12.8. The lowest BCUT2D eigenvalue weighted by molar-refractivity contribution is -0.141. The van der Waals surface area contributed by atoms with Gasteiger partial charge in [0.25, 0.3) is 5.91 Å². The van der Waals surface area contributed by atoms with Crippen LogP contribution in [0.3, 0.4) is 0 Å². The molecule has 0 spiro atoms. The highest BCUT2D eigenvalue weighted by Crippen LogP contribution is 2.25. The standard InChI is InChI=1S/C19H32N2O4/c1-7-8-25-19(5,12-14(2)3)18(22)21-16-11-15(4)17(20-13-16)24-10-9-23-6/h11,13-14H,7-10,12H2,1-6H3,(H,21,22). The Morgan fingerprint density at radius 2 is 2.04 bits per heavy atom. The Balaban J connectivity index is 2.80. The molecule has 1 N–H and O–H groups in total. The number of aryl methyl sites for hydroxylation is 1. The van der Waals surface area contributed by atoms with Crippen molar-refractivity contribution in [3.63, 3.8) is 0 Å². The predicted molar refractivity (Wildman–Crippen MR) is 99.1 cm³/mol. The van der Waals surface area contributed by atoms with Crippen LogP contribution >= 0.6 is 0 Å². The van der Waals surface area contributed by atoms with Crippen molar-refractivity contribution in [1.29, 1.82) is 0 Å². The van der Waals surface area contributed by atoms with Gasteiger partial charge in [-0.15, -0.1) is 0 Å². The smallest absolute Gasteiger partial charge is 0.256 e. The number of nitrogens with zero attached hydrogens (tertiary/aromatic N) is 1. The van der Waals surface area contributed by atoms with Crippen LogP contribution in [-0.4, -0.2) is 43.4 Å². The minimum atomic E-state index is -0.855. The van der Waals surface area contributed by atoms with Gasteiger partial charge in [0.2, 0.25) is 5.88 Å². The number of carbonyl (C=O) groups excluding carboxylic acids is 1. The predicted octanol–water partition coefficient (Wildman–Crippen LogP) is 3.59. The zero-order valence-electron chi connectivity index (χ0n) is 16.3. The van der Waals surface area contributed by atoms with Crippen molar-refractivity contribution in [2.75, 3.05) is 32.2 Å². The van der Waals surface area contributed by atoms with Gasteiger partial charge in [-0.2, -0.15) is 0 Å². The van der Waals surface area contributed by atoms with Crippen molar-refractivity contribution in [3.8, 4) is 5.88 Å². The van der Waals surface area contributed by atoms with Crippen molar-refractivity contribution >= 4 is 11.6 Å². The third-order valence-electron chi connectivity index (χ3n) is 3.72. The zero-order valence-corrected chi connectivity index (χ0v) is 16.3. The molecule has 0 saturated heterocycles. The largest absolute Gasteiger partial charge is 0.475 e. The Morgan fingerprint density at radius 1 is 1.32 bits per heavy atom. The number of rotatable bonds is 11. The number of hydrogen-bond acceptors (Lipinski definition) is 5. The molecule has 1 amide bonds. The Labute approximate surface area is 151 Å². The van der Waals surface area contributed by atoms with Gasteiger partial charge in [0.1, 0.15) is 12.2 Å². The summed E-state index contributed by atoms with van der Waals surface area (Å²) in [6.45, 7) is 11.4. The third kappa shape index (κ3) is 7.00. The van der Waals surface area contributed by atoms with Crippen LogP contribution in [0.15, 0.2) is 12.3 Å². The lowest BCUT2D eigenvalue weighted by Gasteiger charge is -2.30. The highest BCUT2D eigenvalue weighted by atomic mass is 16.5. The molecule has 6 nitrogen and oxygen atoms in total. The number of hydrogen-bond donors (Lipinski definition) is 1. The molecule has 1 unspecified atom stereocenters. The van der Waals surface area contributed by atoms with Crippen LogP contribution in [0, 0.1) is 12.8 Å². The molecule has 142 valence electrons. The summed E-state index contributed by atoms with van der Waals surface area (Å²) in [7, 11) is 1.62. The first-order valence-corrected chi connectivity index (χ1v) is 8.86. The van der Waals surface area contributed by atoms with Crippen molar-refractivity contribution in [3.05, 3.63) is 17.8 Å². The first kappa shape index (κ1) is 21.4. The fourth-order valence-corrected chi connectivity index (χ4v) is 2.59. The number of ether oxygens (including phenoxy) is 3. The molecule has 0 fully saturated rings. The first-order chi connectivity index (χ1) is 11.8. The van der Waals surface area contributed by atoms with E-state index in [0.717, 1.165) is 12.0 Å². The van der Waals surface area contributed by atoms with E-state index in [1.807, 2.05) is 26.8 Å². The van der Waals surface area contributed by atoms with Crippen LogP contribution in [-0.2, 0) is 14.3 Å². The van der Waals surface area contributed by atoms with Gasteiger partial charge in [0, 0.05) is 19.3 Å². The van der Waals surface area contributed by atoms with Gasteiger partial charge in [-0.05, 0) is 38.7 Å². The molecule has 1 aromatic rings. The maximum atomic E-state index is 12.8. The van der Waals surface area contributed by atoms with E-state index in [-0.39, 0.29) is 5.91 Å². The number of pyridine rings is 1. The van der Waals surface area contributed by atoms with Gasteiger partial charge in [-0.3, -0.25) is 4.79 Å². The summed E-state index contributed by atoms with van der Waals surface area (Å²) in [5, 5.41) is 2.93. The van der Waals surface area contributed by atoms with E-state index in [9.17, 15) is 4.79 Å². The van der Waals surface area contributed by atoms with E-state index in [0.29, 0.717) is 43.7 Å². The van der Waals surface area contributed by atoms with E-state index in [1.54, 1.807) is 13.3 Å². The second-order valence-electron chi connectivity index (χ2n) is 6.82. The number of anilines is 1. The van der Waals surface area contributed by atoms with E-state index in [2.05, 4.69) is 24.1 Å². The molecule has 1 atom stereocenters. The zero-order chi connectivity index (χ0) is 18.9. The van der Waals surface area contributed by atoms with Crippen LogP contribution in [0.1, 0.15) is 46.1 Å². The monoisotopic (exact) mass is 352 g/mol. The fraction of sp³-hybridized carbons (Fsp3) is 0.684. The summed E-state index contributed by atoms with van der Waals surface area (Å²) < 4.78 is 16.4. The summed E-state index contributed by atoms with van der Waals surface area (Å²) in [4.78, 5) is 17.0. The SMILES string of the molecule is CCCOC(C)(CC(C)C)C(=O)Nc1cnc(OCCOC)c(C)c1. The van der Waals surface area contributed by atoms with E-state index in [4.69, 9.17) is 14.2 Å². The molecule has 25 heavy (non-hydrogen) atoms. The molecule has 6 heteroatoms. The molecule has 1 rings (SSSR count). The van der Waals surface area contributed by atoms with Gasteiger partial charge in [0.05, 0.1) is 18.5 Å². The summed E-state index contributed by atoms with van der Waals surface area (Å²) >= 11 is 0. The van der Waals surface area contributed by atoms with Crippen LogP contribution in [0.5, 0.6) is 5.88 Å². The number of nitrogens with one attached hydrogen (secondary N) is 1. The summed E-state index contributed by atoms with van der Waals surface area (Å²) in [5.74, 6) is 0.746. The normalized spacial score (nSPS) is 13.6. The van der Waals surface area contributed by atoms with Gasteiger partial charge in [-0.1, -0.05) is 20.8 Å². The topological polar surface area (TPSA) is 69.7 Å². The van der Waals surface area contributed by atoms with E-state index >= 15 is 0 Å². The van der Waals surface area contributed by atoms with Crippen LogP contribution in [0.4, 0.5) is 5.69 Å². The Bertz CT molecular complexity index is 548. The van der Waals surface area contributed by atoms with Crippen molar-refractivity contribution in [1.82, 2.24) is 4.98 Å². The van der Waals surface area contributed by atoms with Crippen molar-refractivity contribution in [2.45, 2.75) is 53.1 Å². The fourth-order valence-electron chi connectivity index (χ4n) is 2.59. The molecular formula is C19H32N2O4. The van der Waals surface area contributed by atoms with Gasteiger partial charge in [0.15, 0.2) is 0 Å². The average Bonchev–Trinajstić information content (AvgIpc) is 2.54. The van der Waals surface area contributed by atoms with E-state index < -0.39 is 5.60 Å². The van der Waals surface area contributed by atoms with Gasteiger partial charge < -0.3 is 19.5 Å². The molecular weight excluding hydrogens is 320 g/mol. The van der Waals surface area contributed by atoms with Crippen LogP contribution in [0.2, 0.25) is 0 Å². The molecule has 1 heterocycles.